The van der Waals surface area contributed by atoms with Crippen molar-refractivity contribution in [1.29, 1.82) is 0 Å². The van der Waals surface area contributed by atoms with E-state index < -0.39 is 0 Å². The average molecular weight is 282 g/mol. The Morgan fingerprint density at radius 3 is 2.70 bits per heavy atom. The van der Waals surface area contributed by atoms with Crippen molar-refractivity contribution in [2.45, 2.75) is 26.7 Å². The smallest absolute Gasteiger partial charge is 0.182 e. The first-order valence-electron chi connectivity index (χ1n) is 7.01. The Labute approximate surface area is 124 Å². The number of aryl methyl sites for hydroxylation is 2. The molecule has 0 fully saturated rings. The Morgan fingerprint density at radius 2 is 1.90 bits per heavy atom. The van der Waals surface area contributed by atoms with Gasteiger partial charge >= 0.3 is 0 Å². The topological polar surface area (TPSA) is 20.7 Å². The first-order valence-corrected chi connectivity index (χ1v) is 7.42. The van der Waals surface area contributed by atoms with E-state index in [4.69, 9.17) is 12.2 Å². The molecule has 102 valence electrons. The van der Waals surface area contributed by atoms with Crippen molar-refractivity contribution in [2.24, 2.45) is 0 Å². The van der Waals surface area contributed by atoms with Gasteiger partial charge in [-0.05, 0) is 48.8 Å². The van der Waals surface area contributed by atoms with Crippen molar-refractivity contribution in [3.63, 3.8) is 0 Å². The number of aromatic amines is 1. The lowest BCUT2D eigenvalue weighted by Gasteiger charge is -2.10. The van der Waals surface area contributed by atoms with Crippen LogP contribution in [0.5, 0.6) is 0 Å². The Hall–Kier alpha value is -1.87. The van der Waals surface area contributed by atoms with E-state index in [-0.39, 0.29) is 0 Å². The molecule has 0 saturated carbocycles. The summed E-state index contributed by atoms with van der Waals surface area (Å²) in [6, 6.07) is 14.8. The van der Waals surface area contributed by atoms with Crippen LogP contribution in [-0.4, -0.2) is 9.55 Å². The molecular formula is C17H18N2S. The lowest BCUT2D eigenvalue weighted by molar-refractivity contribution is 0.900. The van der Waals surface area contributed by atoms with E-state index in [0.717, 1.165) is 28.6 Å². The maximum Gasteiger partial charge on any atom is 0.182 e. The summed E-state index contributed by atoms with van der Waals surface area (Å²) in [5.74, 6) is 0. The minimum Gasteiger partial charge on any atom is -0.330 e. The van der Waals surface area contributed by atoms with Gasteiger partial charge in [-0.1, -0.05) is 43.7 Å². The molecule has 0 saturated heterocycles. The van der Waals surface area contributed by atoms with Gasteiger partial charge in [0, 0.05) is 0 Å². The van der Waals surface area contributed by atoms with Gasteiger partial charge in [0.1, 0.15) is 0 Å². The number of aromatic nitrogens is 2. The molecule has 1 heterocycles. The van der Waals surface area contributed by atoms with Crippen LogP contribution in [0.1, 0.15) is 24.5 Å². The van der Waals surface area contributed by atoms with Crippen molar-refractivity contribution >= 4 is 23.3 Å². The molecule has 0 aliphatic carbocycles. The van der Waals surface area contributed by atoms with Gasteiger partial charge in [0.05, 0.1) is 16.7 Å². The fraction of sp³-hybridized carbons (Fsp3) is 0.235. The molecule has 1 N–H and O–H groups in total. The van der Waals surface area contributed by atoms with Gasteiger partial charge in [-0.25, -0.2) is 0 Å². The average Bonchev–Trinajstić information content (AvgIpc) is 2.78. The number of hydrogen-bond donors (Lipinski definition) is 1. The van der Waals surface area contributed by atoms with E-state index in [0.29, 0.717) is 0 Å². The van der Waals surface area contributed by atoms with E-state index in [2.05, 4.69) is 65.9 Å². The fourth-order valence-electron chi connectivity index (χ4n) is 2.72. The minimum absolute atomic E-state index is 0.762. The second-order valence-electron chi connectivity index (χ2n) is 5.11. The van der Waals surface area contributed by atoms with Crippen molar-refractivity contribution in [2.75, 3.05) is 0 Å². The van der Waals surface area contributed by atoms with Crippen LogP contribution in [0.3, 0.4) is 0 Å². The lowest BCUT2D eigenvalue weighted by Crippen LogP contribution is -1.99. The third kappa shape index (κ3) is 2.08. The standard InChI is InChI=1S/C17H18N2S/c1-3-7-13-9-4-5-10-14(13)19-15-11-6-8-12(2)16(15)18-17(19)20/h4-6,8-11H,3,7H2,1-2H3,(H,18,20). The second-order valence-corrected chi connectivity index (χ2v) is 5.50. The summed E-state index contributed by atoms with van der Waals surface area (Å²) in [5, 5.41) is 0. The number of para-hydroxylation sites is 2. The van der Waals surface area contributed by atoms with E-state index in [9.17, 15) is 0 Å². The number of hydrogen-bond acceptors (Lipinski definition) is 1. The van der Waals surface area contributed by atoms with Crippen LogP contribution in [0.25, 0.3) is 16.7 Å². The van der Waals surface area contributed by atoms with Gasteiger partial charge in [-0.3, -0.25) is 4.57 Å². The van der Waals surface area contributed by atoms with Crippen molar-refractivity contribution in [3.8, 4) is 5.69 Å². The number of imidazole rings is 1. The molecule has 0 amide bonds. The van der Waals surface area contributed by atoms with E-state index >= 15 is 0 Å². The summed E-state index contributed by atoms with van der Waals surface area (Å²) in [5.41, 5.74) is 6.03. The number of fused-ring (bicyclic) bond motifs is 1. The molecule has 20 heavy (non-hydrogen) atoms. The lowest BCUT2D eigenvalue weighted by atomic mass is 10.1. The number of benzene rings is 2. The number of H-pyrrole nitrogens is 1. The molecule has 1 aromatic heterocycles. The van der Waals surface area contributed by atoms with Crippen LogP contribution in [0.15, 0.2) is 42.5 Å². The zero-order valence-corrected chi connectivity index (χ0v) is 12.6. The van der Waals surface area contributed by atoms with Gasteiger partial charge in [-0.2, -0.15) is 0 Å². The van der Waals surface area contributed by atoms with Crippen LogP contribution in [0, 0.1) is 11.7 Å². The Balaban J connectivity index is 2.33. The van der Waals surface area contributed by atoms with Gasteiger partial charge in [0.2, 0.25) is 0 Å². The Morgan fingerprint density at radius 1 is 1.10 bits per heavy atom. The van der Waals surface area contributed by atoms with Crippen molar-refractivity contribution in [3.05, 3.63) is 58.4 Å². The molecule has 0 aliphatic heterocycles. The summed E-state index contributed by atoms with van der Waals surface area (Å²) in [6.07, 6.45) is 2.20. The monoisotopic (exact) mass is 282 g/mol. The highest BCUT2D eigenvalue weighted by Crippen LogP contribution is 2.24. The van der Waals surface area contributed by atoms with Crippen LogP contribution < -0.4 is 0 Å². The minimum atomic E-state index is 0.762. The normalized spacial score (nSPS) is 11.1. The molecular weight excluding hydrogens is 264 g/mol. The van der Waals surface area contributed by atoms with Crippen LogP contribution in [0.4, 0.5) is 0 Å². The van der Waals surface area contributed by atoms with Gasteiger partial charge in [0.25, 0.3) is 0 Å². The second kappa shape index (κ2) is 5.25. The number of rotatable bonds is 3. The largest absolute Gasteiger partial charge is 0.330 e. The molecule has 2 aromatic carbocycles. The molecule has 0 spiro atoms. The molecule has 3 aromatic rings. The molecule has 2 nitrogen and oxygen atoms in total. The van der Waals surface area contributed by atoms with Gasteiger partial charge in [-0.15, -0.1) is 0 Å². The molecule has 0 atom stereocenters. The predicted molar refractivity (Wildman–Crippen MR) is 87.2 cm³/mol. The summed E-state index contributed by atoms with van der Waals surface area (Å²) < 4.78 is 2.92. The summed E-state index contributed by atoms with van der Waals surface area (Å²) in [6.45, 7) is 4.31. The SMILES string of the molecule is CCCc1ccccc1-n1c(=S)[nH]c2c(C)cccc21. The summed E-state index contributed by atoms with van der Waals surface area (Å²) in [7, 11) is 0. The Kier molecular flexibility index (Phi) is 3.45. The van der Waals surface area contributed by atoms with E-state index in [1.165, 1.54) is 16.8 Å². The highest BCUT2D eigenvalue weighted by molar-refractivity contribution is 7.71. The van der Waals surface area contributed by atoms with Crippen LogP contribution in [-0.2, 0) is 6.42 Å². The zero-order valence-electron chi connectivity index (χ0n) is 11.8. The molecule has 0 radical (unpaired) electrons. The maximum absolute atomic E-state index is 5.55. The maximum atomic E-state index is 5.55. The van der Waals surface area contributed by atoms with Gasteiger partial charge < -0.3 is 4.98 Å². The number of nitrogens with one attached hydrogen (secondary N) is 1. The van der Waals surface area contributed by atoms with Gasteiger partial charge in [0.15, 0.2) is 4.77 Å². The molecule has 3 heteroatoms. The third-order valence-corrected chi connectivity index (χ3v) is 3.96. The molecule has 0 bridgehead atoms. The predicted octanol–water partition coefficient (Wildman–Crippen LogP) is 4.95. The van der Waals surface area contributed by atoms with Crippen LogP contribution in [0.2, 0.25) is 0 Å². The Bertz CT molecular complexity index is 811. The highest BCUT2D eigenvalue weighted by atomic mass is 32.1. The van der Waals surface area contributed by atoms with Crippen LogP contribution >= 0.6 is 12.2 Å². The molecule has 0 aliphatic rings. The van der Waals surface area contributed by atoms with E-state index in [1.807, 2.05) is 0 Å². The van der Waals surface area contributed by atoms with E-state index in [1.54, 1.807) is 0 Å². The third-order valence-electron chi connectivity index (χ3n) is 3.68. The first kappa shape index (κ1) is 13.1. The first-order chi connectivity index (χ1) is 9.72. The van der Waals surface area contributed by atoms with Crippen molar-refractivity contribution < 1.29 is 0 Å². The van der Waals surface area contributed by atoms with Crippen molar-refractivity contribution in [1.82, 2.24) is 9.55 Å². The highest BCUT2D eigenvalue weighted by Gasteiger charge is 2.10. The quantitative estimate of drug-likeness (QED) is 0.674. The number of nitrogens with zero attached hydrogens (tertiary/aromatic N) is 1. The summed E-state index contributed by atoms with van der Waals surface area (Å²) >= 11 is 5.55. The zero-order chi connectivity index (χ0) is 14.1. The fourth-order valence-corrected chi connectivity index (χ4v) is 3.02. The molecule has 3 rings (SSSR count). The summed E-state index contributed by atoms with van der Waals surface area (Å²) in [4.78, 5) is 3.34. The molecule has 0 unspecified atom stereocenters.